The highest BCUT2D eigenvalue weighted by molar-refractivity contribution is 5.48. The van der Waals surface area contributed by atoms with Crippen LogP contribution in [-0.4, -0.2) is 41.2 Å². The van der Waals surface area contributed by atoms with E-state index in [9.17, 15) is 10.1 Å². The summed E-state index contributed by atoms with van der Waals surface area (Å²) >= 11 is 0. The van der Waals surface area contributed by atoms with Crippen molar-refractivity contribution in [2.75, 3.05) is 26.2 Å². The molecule has 6 heteroatoms. The van der Waals surface area contributed by atoms with Crippen LogP contribution in [0, 0.1) is 10.1 Å². The quantitative estimate of drug-likeness (QED) is 0.469. The molecule has 20 heavy (non-hydrogen) atoms. The summed E-state index contributed by atoms with van der Waals surface area (Å²) < 4.78 is 5.51. The van der Waals surface area contributed by atoms with Gasteiger partial charge in [-0.1, -0.05) is 6.07 Å². The van der Waals surface area contributed by atoms with Gasteiger partial charge < -0.3 is 14.7 Å². The molecule has 1 fully saturated rings. The van der Waals surface area contributed by atoms with Crippen molar-refractivity contribution < 1.29 is 14.8 Å². The first-order valence-corrected chi connectivity index (χ1v) is 6.94. The second-order valence-electron chi connectivity index (χ2n) is 4.97. The summed E-state index contributed by atoms with van der Waals surface area (Å²) in [7, 11) is 0. The fourth-order valence-electron chi connectivity index (χ4n) is 2.40. The zero-order valence-corrected chi connectivity index (χ0v) is 11.5. The third kappa shape index (κ3) is 3.91. The number of aliphatic hydroxyl groups is 1. The van der Waals surface area contributed by atoms with Crippen LogP contribution < -0.4 is 4.74 Å². The zero-order valence-electron chi connectivity index (χ0n) is 11.5. The van der Waals surface area contributed by atoms with Crippen molar-refractivity contribution in [3.05, 3.63) is 33.9 Å². The van der Waals surface area contributed by atoms with Gasteiger partial charge in [-0.15, -0.1) is 0 Å². The Morgan fingerprint density at radius 3 is 2.75 bits per heavy atom. The van der Waals surface area contributed by atoms with Crippen LogP contribution in [0.25, 0.3) is 0 Å². The molecule has 0 unspecified atom stereocenters. The average molecular weight is 280 g/mol. The standard InChI is InChI=1S/C14H20N2O4/c17-11-12-4-5-14(13(10-12)16(18)19)20-9-3-8-15-6-1-2-7-15/h4-5,10,17H,1-3,6-9,11H2. The number of benzene rings is 1. The molecule has 1 heterocycles. The maximum absolute atomic E-state index is 11.0. The van der Waals surface area contributed by atoms with Gasteiger partial charge in [0.25, 0.3) is 0 Å². The maximum Gasteiger partial charge on any atom is 0.311 e. The number of rotatable bonds is 7. The number of likely N-dealkylation sites (tertiary alicyclic amines) is 1. The Hall–Kier alpha value is -1.66. The van der Waals surface area contributed by atoms with Crippen molar-refractivity contribution in [2.45, 2.75) is 25.9 Å². The lowest BCUT2D eigenvalue weighted by Gasteiger charge is -2.14. The molecule has 110 valence electrons. The largest absolute Gasteiger partial charge is 0.487 e. The van der Waals surface area contributed by atoms with Gasteiger partial charge in [0.1, 0.15) is 0 Å². The molecule has 1 aromatic rings. The lowest BCUT2D eigenvalue weighted by molar-refractivity contribution is -0.386. The van der Waals surface area contributed by atoms with E-state index in [4.69, 9.17) is 9.84 Å². The SMILES string of the molecule is O=[N+]([O-])c1cc(CO)ccc1OCCCN1CCCC1. The molecule has 2 rings (SSSR count). The highest BCUT2D eigenvalue weighted by atomic mass is 16.6. The number of hydrogen-bond acceptors (Lipinski definition) is 5. The predicted molar refractivity (Wildman–Crippen MR) is 74.8 cm³/mol. The normalized spacial score (nSPS) is 15.4. The third-order valence-corrected chi connectivity index (χ3v) is 3.48. The summed E-state index contributed by atoms with van der Waals surface area (Å²) in [6, 6.07) is 4.55. The van der Waals surface area contributed by atoms with Gasteiger partial charge in [-0.05, 0) is 44.0 Å². The molecule has 1 aliphatic heterocycles. The molecule has 1 aliphatic rings. The van der Waals surface area contributed by atoms with Crippen LogP contribution in [0.15, 0.2) is 18.2 Å². The van der Waals surface area contributed by atoms with Gasteiger partial charge in [0.15, 0.2) is 5.75 Å². The molecule has 1 N–H and O–H groups in total. The summed E-state index contributed by atoms with van der Waals surface area (Å²) in [5.74, 6) is 0.272. The van der Waals surface area contributed by atoms with E-state index < -0.39 is 4.92 Å². The lowest BCUT2D eigenvalue weighted by atomic mass is 10.2. The highest BCUT2D eigenvalue weighted by Gasteiger charge is 2.16. The van der Waals surface area contributed by atoms with Crippen LogP contribution in [0.4, 0.5) is 5.69 Å². The molecule has 1 aromatic carbocycles. The Balaban J connectivity index is 1.86. The second kappa shape index (κ2) is 7.21. The van der Waals surface area contributed by atoms with Gasteiger partial charge in [-0.25, -0.2) is 0 Å². The summed E-state index contributed by atoms with van der Waals surface area (Å²) in [6.45, 7) is 3.52. The van der Waals surface area contributed by atoms with Crippen LogP contribution in [0.1, 0.15) is 24.8 Å². The van der Waals surface area contributed by atoms with E-state index >= 15 is 0 Å². The van der Waals surface area contributed by atoms with E-state index in [2.05, 4.69) is 4.90 Å². The molecule has 0 atom stereocenters. The number of nitro groups is 1. The monoisotopic (exact) mass is 280 g/mol. The van der Waals surface area contributed by atoms with Crippen molar-refractivity contribution >= 4 is 5.69 Å². The van der Waals surface area contributed by atoms with Crippen molar-refractivity contribution in [2.24, 2.45) is 0 Å². The van der Waals surface area contributed by atoms with E-state index in [1.54, 1.807) is 12.1 Å². The summed E-state index contributed by atoms with van der Waals surface area (Å²) in [4.78, 5) is 12.9. The molecule has 0 bridgehead atoms. The fourth-order valence-corrected chi connectivity index (χ4v) is 2.40. The molecule has 0 aliphatic carbocycles. The van der Waals surface area contributed by atoms with Gasteiger partial charge >= 0.3 is 5.69 Å². The summed E-state index contributed by atoms with van der Waals surface area (Å²) in [5, 5.41) is 20.0. The smallest absolute Gasteiger partial charge is 0.311 e. The minimum absolute atomic E-state index is 0.0854. The number of hydrogen-bond donors (Lipinski definition) is 1. The van der Waals surface area contributed by atoms with E-state index in [-0.39, 0.29) is 18.0 Å². The summed E-state index contributed by atoms with van der Waals surface area (Å²) in [5.41, 5.74) is 0.429. The maximum atomic E-state index is 11.0. The molecular formula is C14H20N2O4. The first kappa shape index (κ1) is 14.7. The molecule has 6 nitrogen and oxygen atoms in total. The molecule has 0 spiro atoms. The zero-order chi connectivity index (χ0) is 14.4. The number of nitro benzene ring substituents is 1. The molecule has 0 aromatic heterocycles. The van der Waals surface area contributed by atoms with Crippen molar-refractivity contribution in [3.8, 4) is 5.75 Å². The van der Waals surface area contributed by atoms with Crippen LogP contribution in [-0.2, 0) is 6.61 Å². The molecule has 0 radical (unpaired) electrons. The van der Waals surface area contributed by atoms with Gasteiger partial charge in [0.2, 0.25) is 0 Å². The Labute approximate surface area is 118 Å². The Bertz CT molecular complexity index is 458. The first-order chi connectivity index (χ1) is 9.70. The average Bonchev–Trinajstić information content (AvgIpc) is 2.96. The number of ether oxygens (including phenoxy) is 1. The molecule has 0 saturated carbocycles. The van der Waals surface area contributed by atoms with E-state index in [1.807, 2.05) is 0 Å². The van der Waals surface area contributed by atoms with Gasteiger partial charge in [0, 0.05) is 12.6 Å². The van der Waals surface area contributed by atoms with E-state index in [0.717, 1.165) is 26.1 Å². The Morgan fingerprint density at radius 2 is 2.10 bits per heavy atom. The minimum Gasteiger partial charge on any atom is -0.487 e. The second-order valence-corrected chi connectivity index (χ2v) is 4.97. The van der Waals surface area contributed by atoms with E-state index in [0.29, 0.717) is 12.2 Å². The van der Waals surface area contributed by atoms with Crippen LogP contribution in [0.2, 0.25) is 0 Å². The predicted octanol–water partition coefficient (Wildman–Crippen LogP) is 1.95. The van der Waals surface area contributed by atoms with Crippen molar-refractivity contribution in [1.29, 1.82) is 0 Å². The van der Waals surface area contributed by atoms with Crippen LogP contribution in [0.3, 0.4) is 0 Å². The Kier molecular flexibility index (Phi) is 5.31. The van der Waals surface area contributed by atoms with E-state index in [1.165, 1.54) is 18.9 Å². The lowest BCUT2D eigenvalue weighted by Crippen LogP contribution is -2.22. The molecular weight excluding hydrogens is 260 g/mol. The van der Waals surface area contributed by atoms with Gasteiger partial charge in [0.05, 0.1) is 18.1 Å². The van der Waals surface area contributed by atoms with Crippen molar-refractivity contribution in [1.82, 2.24) is 4.90 Å². The Morgan fingerprint density at radius 1 is 1.35 bits per heavy atom. The molecule has 0 amide bonds. The van der Waals surface area contributed by atoms with Crippen LogP contribution >= 0.6 is 0 Å². The third-order valence-electron chi connectivity index (χ3n) is 3.48. The fraction of sp³-hybridized carbons (Fsp3) is 0.571. The van der Waals surface area contributed by atoms with Gasteiger partial charge in [-0.3, -0.25) is 10.1 Å². The number of nitrogens with zero attached hydrogens (tertiary/aromatic N) is 2. The summed E-state index contributed by atoms with van der Waals surface area (Å²) in [6.07, 6.45) is 3.38. The molecule has 1 saturated heterocycles. The number of aliphatic hydroxyl groups excluding tert-OH is 1. The highest BCUT2D eigenvalue weighted by Crippen LogP contribution is 2.28. The van der Waals surface area contributed by atoms with Crippen LogP contribution in [0.5, 0.6) is 5.75 Å². The van der Waals surface area contributed by atoms with Gasteiger partial charge in [-0.2, -0.15) is 0 Å². The topological polar surface area (TPSA) is 75.8 Å². The first-order valence-electron chi connectivity index (χ1n) is 6.94. The van der Waals surface area contributed by atoms with Crippen molar-refractivity contribution in [3.63, 3.8) is 0 Å². The minimum atomic E-state index is -0.477.